The van der Waals surface area contributed by atoms with Gasteiger partial charge in [-0.2, -0.15) is 5.10 Å². The zero-order valence-electron chi connectivity index (χ0n) is 15.2. The van der Waals surface area contributed by atoms with Gasteiger partial charge in [0.2, 0.25) is 5.91 Å². The predicted molar refractivity (Wildman–Crippen MR) is 113 cm³/mol. The van der Waals surface area contributed by atoms with E-state index >= 15 is 0 Å². The third kappa shape index (κ3) is 6.24. The van der Waals surface area contributed by atoms with E-state index < -0.39 is 0 Å². The highest BCUT2D eigenvalue weighted by atomic mass is 127. The summed E-state index contributed by atoms with van der Waals surface area (Å²) in [6, 6.07) is 12.2. The third-order valence-electron chi connectivity index (χ3n) is 3.53. The maximum absolute atomic E-state index is 12.2. The first-order chi connectivity index (χ1) is 12.9. The van der Waals surface area contributed by atoms with E-state index in [9.17, 15) is 9.59 Å². The molecule has 8 heteroatoms. The number of amides is 2. The van der Waals surface area contributed by atoms with Gasteiger partial charge in [-0.25, -0.2) is 5.43 Å². The molecule has 0 aliphatic rings. The first-order valence-electron chi connectivity index (χ1n) is 8.04. The minimum Gasteiger partial charge on any atom is -0.497 e. The average Bonchev–Trinajstić information content (AvgIpc) is 2.66. The van der Waals surface area contributed by atoms with Crippen molar-refractivity contribution in [3.63, 3.8) is 0 Å². The van der Waals surface area contributed by atoms with Crippen LogP contribution >= 0.6 is 22.6 Å². The van der Waals surface area contributed by atoms with Crippen molar-refractivity contribution in [1.29, 1.82) is 0 Å². The molecule has 0 bridgehead atoms. The number of benzene rings is 2. The molecule has 2 rings (SSSR count). The van der Waals surface area contributed by atoms with Crippen molar-refractivity contribution in [2.24, 2.45) is 5.10 Å². The van der Waals surface area contributed by atoms with Crippen LogP contribution < -0.4 is 20.2 Å². The van der Waals surface area contributed by atoms with Crippen molar-refractivity contribution in [2.75, 3.05) is 19.5 Å². The van der Waals surface area contributed by atoms with Crippen LogP contribution in [0, 0.1) is 3.57 Å². The van der Waals surface area contributed by atoms with Gasteiger partial charge >= 0.3 is 0 Å². The van der Waals surface area contributed by atoms with Gasteiger partial charge in [0.05, 0.1) is 26.3 Å². The van der Waals surface area contributed by atoms with Crippen molar-refractivity contribution in [1.82, 2.24) is 5.43 Å². The molecule has 0 atom stereocenters. The second kappa shape index (κ2) is 9.91. The van der Waals surface area contributed by atoms with Gasteiger partial charge in [0.1, 0.15) is 11.5 Å². The molecule has 27 heavy (non-hydrogen) atoms. The van der Waals surface area contributed by atoms with Crippen LogP contribution in [0.3, 0.4) is 0 Å². The quantitative estimate of drug-likeness (QED) is 0.360. The van der Waals surface area contributed by atoms with E-state index in [2.05, 4.69) is 38.4 Å². The average molecular weight is 481 g/mol. The molecule has 0 heterocycles. The Bertz CT molecular complexity index is 868. The minimum absolute atomic E-state index is 0.0296. The summed E-state index contributed by atoms with van der Waals surface area (Å²) in [6.45, 7) is 1.67. The van der Waals surface area contributed by atoms with E-state index in [1.165, 1.54) is 7.11 Å². The van der Waals surface area contributed by atoms with Gasteiger partial charge in [-0.05, 0) is 59.8 Å². The summed E-state index contributed by atoms with van der Waals surface area (Å²) >= 11 is 2.13. The van der Waals surface area contributed by atoms with Crippen LogP contribution in [0.2, 0.25) is 0 Å². The molecule has 0 fully saturated rings. The Morgan fingerprint density at radius 1 is 1.11 bits per heavy atom. The van der Waals surface area contributed by atoms with Crippen LogP contribution in [0.5, 0.6) is 11.5 Å². The first kappa shape index (κ1) is 20.7. The standard InChI is InChI=1S/C19H20IN3O4/c1-12(22-23-19(25)13-5-4-6-14(20)10-13)9-18(24)21-16-8-7-15(26-2)11-17(16)27-3/h4-8,10-11H,9H2,1-3H3,(H,21,24)(H,23,25)/b22-12-. The molecular weight excluding hydrogens is 461 g/mol. The van der Waals surface area contributed by atoms with Crippen molar-refractivity contribution < 1.29 is 19.1 Å². The van der Waals surface area contributed by atoms with Gasteiger partial charge in [-0.15, -0.1) is 0 Å². The molecule has 0 spiro atoms. The lowest BCUT2D eigenvalue weighted by atomic mass is 10.2. The van der Waals surface area contributed by atoms with E-state index in [-0.39, 0.29) is 18.2 Å². The Balaban J connectivity index is 1.95. The number of anilines is 1. The lowest BCUT2D eigenvalue weighted by Gasteiger charge is -2.11. The highest BCUT2D eigenvalue weighted by Gasteiger charge is 2.11. The van der Waals surface area contributed by atoms with E-state index in [1.807, 2.05) is 6.07 Å². The Hall–Kier alpha value is -2.62. The molecule has 2 amide bonds. The zero-order valence-corrected chi connectivity index (χ0v) is 17.4. The normalized spacial score (nSPS) is 10.9. The number of halogens is 1. The second-order valence-electron chi connectivity index (χ2n) is 5.59. The maximum Gasteiger partial charge on any atom is 0.271 e. The molecule has 0 unspecified atom stereocenters. The first-order valence-corrected chi connectivity index (χ1v) is 9.11. The van der Waals surface area contributed by atoms with Crippen LogP contribution in [0.15, 0.2) is 47.6 Å². The Kier molecular flexibility index (Phi) is 7.59. The largest absolute Gasteiger partial charge is 0.497 e. The molecule has 142 valence electrons. The van der Waals surface area contributed by atoms with Gasteiger partial charge in [-0.3, -0.25) is 9.59 Å². The highest BCUT2D eigenvalue weighted by Crippen LogP contribution is 2.29. The summed E-state index contributed by atoms with van der Waals surface area (Å²) in [5.41, 5.74) is 3.96. The Morgan fingerprint density at radius 3 is 2.56 bits per heavy atom. The summed E-state index contributed by atoms with van der Waals surface area (Å²) < 4.78 is 11.3. The SMILES string of the molecule is COc1ccc(NC(=O)C/C(C)=N\NC(=O)c2cccc(I)c2)c(OC)c1. The molecule has 0 aliphatic heterocycles. The van der Waals surface area contributed by atoms with Gasteiger partial charge in [0.15, 0.2) is 0 Å². The van der Waals surface area contributed by atoms with E-state index in [1.54, 1.807) is 50.4 Å². The molecule has 2 aromatic carbocycles. The zero-order chi connectivity index (χ0) is 19.8. The number of methoxy groups -OCH3 is 2. The number of hydrogen-bond acceptors (Lipinski definition) is 5. The Morgan fingerprint density at radius 2 is 1.89 bits per heavy atom. The number of carbonyl (C=O) groups is 2. The van der Waals surface area contributed by atoms with Crippen LogP contribution in [0.25, 0.3) is 0 Å². The molecule has 0 aromatic heterocycles. The van der Waals surface area contributed by atoms with Gasteiger partial charge in [0, 0.05) is 20.9 Å². The number of ether oxygens (including phenoxy) is 2. The summed E-state index contributed by atoms with van der Waals surface area (Å²) in [5, 5.41) is 6.74. The van der Waals surface area contributed by atoms with Crippen molar-refractivity contribution in [3.8, 4) is 11.5 Å². The molecular formula is C19H20IN3O4. The van der Waals surface area contributed by atoms with Crippen LogP contribution in [0.4, 0.5) is 5.69 Å². The molecule has 0 saturated heterocycles. The topological polar surface area (TPSA) is 89.0 Å². The van der Waals surface area contributed by atoms with Gasteiger partial charge < -0.3 is 14.8 Å². The number of hydrogen-bond donors (Lipinski definition) is 2. The predicted octanol–water partition coefficient (Wildman–Crippen LogP) is 3.44. The summed E-state index contributed by atoms with van der Waals surface area (Å²) in [6.07, 6.45) is 0.0296. The van der Waals surface area contributed by atoms with Gasteiger partial charge in [-0.1, -0.05) is 6.07 Å². The number of hydrazone groups is 1. The molecule has 0 saturated carbocycles. The number of rotatable bonds is 7. The van der Waals surface area contributed by atoms with Crippen LogP contribution in [-0.4, -0.2) is 31.7 Å². The fraction of sp³-hybridized carbons (Fsp3) is 0.211. The lowest BCUT2D eigenvalue weighted by molar-refractivity contribution is -0.115. The number of nitrogens with zero attached hydrogens (tertiary/aromatic N) is 1. The van der Waals surface area contributed by atoms with E-state index in [0.717, 1.165) is 3.57 Å². The second-order valence-corrected chi connectivity index (χ2v) is 6.84. The van der Waals surface area contributed by atoms with E-state index in [0.29, 0.717) is 28.5 Å². The fourth-order valence-electron chi connectivity index (χ4n) is 2.21. The number of carbonyl (C=O) groups excluding carboxylic acids is 2. The molecule has 2 aromatic rings. The summed E-state index contributed by atoms with van der Waals surface area (Å²) in [4.78, 5) is 24.3. The minimum atomic E-state index is -0.329. The van der Waals surface area contributed by atoms with Crippen molar-refractivity contribution in [3.05, 3.63) is 51.6 Å². The number of nitrogens with one attached hydrogen (secondary N) is 2. The van der Waals surface area contributed by atoms with Crippen molar-refractivity contribution >= 4 is 45.8 Å². The molecule has 0 radical (unpaired) electrons. The van der Waals surface area contributed by atoms with Gasteiger partial charge in [0.25, 0.3) is 5.91 Å². The summed E-state index contributed by atoms with van der Waals surface area (Å²) in [7, 11) is 3.06. The molecule has 7 nitrogen and oxygen atoms in total. The smallest absolute Gasteiger partial charge is 0.271 e. The fourth-order valence-corrected chi connectivity index (χ4v) is 2.75. The molecule has 2 N–H and O–H groups in total. The van der Waals surface area contributed by atoms with Crippen molar-refractivity contribution in [2.45, 2.75) is 13.3 Å². The Labute approximate surface area is 171 Å². The van der Waals surface area contributed by atoms with Crippen LogP contribution in [-0.2, 0) is 4.79 Å². The highest BCUT2D eigenvalue weighted by molar-refractivity contribution is 14.1. The third-order valence-corrected chi connectivity index (χ3v) is 4.21. The van der Waals surface area contributed by atoms with E-state index in [4.69, 9.17) is 9.47 Å². The van der Waals surface area contributed by atoms with Crippen LogP contribution in [0.1, 0.15) is 23.7 Å². The summed E-state index contributed by atoms with van der Waals surface area (Å²) in [5.74, 6) is 0.512. The monoisotopic (exact) mass is 481 g/mol. The lowest BCUT2D eigenvalue weighted by Crippen LogP contribution is -2.21. The molecule has 0 aliphatic carbocycles. The maximum atomic E-state index is 12.2.